The highest BCUT2D eigenvalue weighted by Crippen LogP contribution is 2.13. The molecule has 1 aromatic rings. The zero-order valence-electron chi connectivity index (χ0n) is 8.64. The quantitative estimate of drug-likeness (QED) is 0.691. The molecule has 0 amide bonds. The molecule has 0 spiro atoms. The molecule has 0 aromatic carbocycles. The van der Waals surface area contributed by atoms with Gasteiger partial charge in [0.05, 0.1) is 0 Å². The molecule has 1 aromatic heterocycles. The first kappa shape index (κ1) is 9.87. The third-order valence-electron chi connectivity index (χ3n) is 2.33. The zero-order chi connectivity index (χ0) is 10.7. The van der Waals surface area contributed by atoms with Crippen LogP contribution in [0.5, 0.6) is 0 Å². The molecule has 0 radical (unpaired) electrons. The van der Waals surface area contributed by atoms with Gasteiger partial charge >= 0.3 is 0 Å². The molecule has 2 rings (SSSR count). The lowest BCUT2D eigenvalue weighted by Crippen LogP contribution is -2.30. The van der Waals surface area contributed by atoms with Crippen molar-refractivity contribution < 1.29 is 0 Å². The Morgan fingerprint density at radius 3 is 3.27 bits per heavy atom. The minimum Gasteiger partial charge on any atom is -0.310 e. The molecule has 1 N–H and O–H groups in total. The van der Waals surface area contributed by atoms with Crippen LogP contribution in [0.25, 0.3) is 5.57 Å². The Morgan fingerprint density at radius 2 is 2.60 bits per heavy atom. The number of terminal acetylenes is 1. The van der Waals surface area contributed by atoms with Gasteiger partial charge in [0.1, 0.15) is 6.54 Å². The van der Waals surface area contributed by atoms with Gasteiger partial charge in [-0.25, -0.2) is 0 Å². The van der Waals surface area contributed by atoms with Crippen LogP contribution in [-0.2, 0) is 6.54 Å². The number of rotatable bonds is 2. The predicted molar refractivity (Wildman–Crippen MR) is 56.7 cm³/mol. The second kappa shape index (κ2) is 4.24. The Balaban J connectivity index is 2.13. The van der Waals surface area contributed by atoms with Gasteiger partial charge in [-0.2, -0.15) is 4.80 Å². The highest BCUT2D eigenvalue weighted by Gasteiger charge is 2.14. The van der Waals surface area contributed by atoms with Gasteiger partial charge in [0, 0.05) is 18.2 Å². The van der Waals surface area contributed by atoms with Crippen LogP contribution in [0.2, 0.25) is 0 Å². The van der Waals surface area contributed by atoms with Crippen molar-refractivity contribution in [2.75, 3.05) is 6.54 Å². The van der Waals surface area contributed by atoms with Gasteiger partial charge in [-0.3, -0.25) is 0 Å². The summed E-state index contributed by atoms with van der Waals surface area (Å²) in [4.78, 5) is 1.42. The van der Waals surface area contributed by atoms with E-state index in [-0.39, 0.29) is 0 Å². The number of nitrogens with zero attached hydrogens (tertiary/aromatic N) is 4. The molecule has 0 saturated heterocycles. The molecule has 0 unspecified atom stereocenters. The number of nitrogens with one attached hydrogen (secondary N) is 1. The van der Waals surface area contributed by atoms with Crippen LogP contribution in [0.3, 0.4) is 0 Å². The van der Waals surface area contributed by atoms with Crippen LogP contribution in [0.4, 0.5) is 0 Å². The molecular formula is C10H13N5. The SMILES string of the molecule is C#CCn1nnc(C2=CC[C@H](C)NC2)n1. The van der Waals surface area contributed by atoms with Gasteiger partial charge in [0.15, 0.2) is 0 Å². The fourth-order valence-electron chi connectivity index (χ4n) is 1.45. The minimum absolute atomic E-state index is 0.365. The molecule has 1 aliphatic rings. The minimum atomic E-state index is 0.365. The van der Waals surface area contributed by atoms with E-state index in [0.29, 0.717) is 18.4 Å². The number of hydrogen-bond donors (Lipinski definition) is 1. The average Bonchev–Trinajstić information content (AvgIpc) is 2.68. The summed E-state index contributed by atoms with van der Waals surface area (Å²) in [6.07, 6.45) is 8.31. The van der Waals surface area contributed by atoms with Gasteiger partial charge in [-0.1, -0.05) is 12.0 Å². The van der Waals surface area contributed by atoms with E-state index in [4.69, 9.17) is 6.42 Å². The fourth-order valence-corrected chi connectivity index (χ4v) is 1.45. The lowest BCUT2D eigenvalue weighted by atomic mass is 10.1. The summed E-state index contributed by atoms with van der Waals surface area (Å²) in [6.45, 7) is 3.31. The Bertz CT molecular complexity index is 412. The first-order valence-electron chi connectivity index (χ1n) is 4.93. The summed E-state index contributed by atoms with van der Waals surface area (Å²) in [6, 6.07) is 0.523. The van der Waals surface area contributed by atoms with E-state index in [9.17, 15) is 0 Å². The van der Waals surface area contributed by atoms with Crippen molar-refractivity contribution in [3.8, 4) is 12.3 Å². The fraction of sp³-hybridized carbons (Fsp3) is 0.500. The third kappa shape index (κ3) is 2.22. The molecule has 15 heavy (non-hydrogen) atoms. The zero-order valence-corrected chi connectivity index (χ0v) is 8.64. The van der Waals surface area contributed by atoms with E-state index in [1.165, 1.54) is 4.80 Å². The van der Waals surface area contributed by atoms with Crippen LogP contribution >= 0.6 is 0 Å². The van der Waals surface area contributed by atoms with Crippen LogP contribution in [0.15, 0.2) is 6.08 Å². The Hall–Kier alpha value is -1.67. The standard InChI is InChI=1S/C10H13N5/c1-3-6-15-13-10(12-14-15)9-5-4-8(2)11-7-9/h1,5,8,11H,4,6-7H2,2H3/t8-/m0/s1. The van der Waals surface area contributed by atoms with Crippen molar-refractivity contribution in [2.24, 2.45) is 0 Å². The topological polar surface area (TPSA) is 55.6 Å². The molecule has 1 aliphatic heterocycles. The molecule has 0 bridgehead atoms. The highest BCUT2D eigenvalue weighted by atomic mass is 15.6. The molecule has 0 fully saturated rings. The summed E-state index contributed by atoms with van der Waals surface area (Å²) < 4.78 is 0. The first-order valence-corrected chi connectivity index (χ1v) is 4.93. The second-order valence-electron chi connectivity index (χ2n) is 3.59. The Kier molecular flexibility index (Phi) is 2.79. The van der Waals surface area contributed by atoms with Gasteiger partial charge < -0.3 is 5.32 Å². The number of hydrogen-bond acceptors (Lipinski definition) is 4. The molecule has 0 saturated carbocycles. The van der Waals surface area contributed by atoms with E-state index < -0.39 is 0 Å². The van der Waals surface area contributed by atoms with E-state index in [2.05, 4.69) is 39.6 Å². The second-order valence-corrected chi connectivity index (χ2v) is 3.59. The largest absolute Gasteiger partial charge is 0.310 e. The first-order chi connectivity index (χ1) is 7.29. The Labute approximate surface area is 88.6 Å². The molecule has 5 nitrogen and oxygen atoms in total. The predicted octanol–water partition coefficient (Wildman–Crippen LogP) is 0.0715. The summed E-state index contributed by atoms with van der Waals surface area (Å²) in [5.74, 6) is 3.14. The van der Waals surface area contributed by atoms with Crippen LogP contribution in [-0.4, -0.2) is 32.8 Å². The molecule has 5 heteroatoms. The monoisotopic (exact) mass is 203 g/mol. The normalized spacial score (nSPS) is 20.8. The lowest BCUT2D eigenvalue weighted by molar-refractivity contribution is 0.574. The van der Waals surface area contributed by atoms with Gasteiger partial charge in [-0.05, 0) is 18.6 Å². The maximum atomic E-state index is 5.16. The van der Waals surface area contributed by atoms with Crippen molar-refractivity contribution in [3.05, 3.63) is 11.9 Å². The van der Waals surface area contributed by atoms with Crippen LogP contribution in [0.1, 0.15) is 19.2 Å². The van der Waals surface area contributed by atoms with Gasteiger partial charge in [0.25, 0.3) is 0 Å². The maximum absolute atomic E-state index is 5.16. The van der Waals surface area contributed by atoms with Gasteiger partial charge in [-0.15, -0.1) is 16.6 Å². The van der Waals surface area contributed by atoms with Crippen molar-refractivity contribution in [1.29, 1.82) is 0 Å². The van der Waals surface area contributed by atoms with Crippen molar-refractivity contribution in [1.82, 2.24) is 25.5 Å². The summed E-state index contributed by atoms with van der Waals surface area (Å²) in [5.41, 5.74) is 1.09. The summed E-state index contributed by atoms with van der Waals surface area (Å²) in [7, 11) is 0. The average molecular weight is 203 g/mol. The Morgan fingerprint density at radius 1 is 1.73 bits per heavy atom. The lowest BCUT2D eigenvalue weighted by Gasteiger charge is -2.17. The third-order valence-corrected chi connectivity index (χ3v) is 2.33. The van der Waals surface area contributed by atoms with Crippen LogP contribution in [0, 0.1) is 12.3 Å². The van der Waals surface area contributed by atoms with E-state index in [1.807, 2.05) is 0 Å². The van der Waals surface area contributed by atoms with E-state index in [1.54, 1.807) is 0 Å². The molecular weight excluding hydrogens is 190 g/mol. The number of tetrazole rings is 1. The smallest absolute Gasteiger partial charge is 0.201 e. The van der Waals surface area contributed by atoms with Crippen molar-refractivity contribution in [3.63, 3.8) is 0 Å². The molecule has 0 aliphatic carbocycles. The molecule has 2 heterocycles. The summed E-state index contributed by atoms with van der Waals surface area (Å²) in [5, 5.41) is 15.4. The maximum Gasteiger partial charge on any atom is 0.201 e. The van der Waals surface area contributed by atoms with E-state index in [0.717, 1.165) is 18.5 Å². The highest BCUT2D eigenvalue weighted by molar-refractivity contribution is 5.61. The van der Waals surface area contributed by atoms with Crippen LogP contribution < -0.4 is 5.32 Å². The van der Waals surface area contributed by atoms with E-state index >= 15 is 0 Å². The number of aromatic nitrogens is 4. The van der Waals surface area contributed by atoms with Crippen molar-refractivity contribution >= 4 is 5.57 Å². The molecule has 1 atom stereocenters. The summed E-state index contributed by atoms with van der Waals surface area (Å²) >= 11 is 0. The van der Waals surface area contributed by atoms with Crippen molar-refractivity contribution in [2.45, 2.75) is 25.9 Å². The van der Waals surface area contributed by atoms with Gasteiger partial charge in [0.2, 0.25) is 5.82 Å². The molecule has 78 valence electrons.